The van der Waals surface area contributed by atoms with E-state index in [0.717, 1.165) is 25.5 Å². The average Bonchev–Trinajstić information content (AvgIpc) is 2.74. The van der Waals surface area contributed by atoms with E-state index in [-0.39, 0.29) is 12.0 Å². The zero-order valence-electron chi connectivity index (χ0n) is 10.7. The molecule has 2 rings (SSSR count). The Morgan fingerprint density at radius 1 is 1.29 bits per heavy atom. The van der Waals surface area contributed by atoms with Crippen molar-refractivity contribution in [3.63, 3.8) is 0 Å². The van der Waals surface area contributed by atoms with Gasteiger partial charge in [0.15, 0.2) is 0 Å². The van der Waals surface area contributed by atoms with Crippen molar-refractivity contribution in [2.75, 3.05) is 0 Å². The summed E-state index contributed by atoms with van der Waals surface area (Å²) < 4.78 is 5.23. The van der Waals surface area contributed by atoms with Gasteiger partial charge in [-0.05, 0) is 51.9 Å². The van der Waals surface area contributed by atoms with Crippen molar-refractivity contribution in [1.82, 2.24) is 5.32 Å². The Kier molecular flexibility index (Phi) is 3.15. The van der Waals surface area contributed by atoms with Crippen LogP contribution in [0.25, 0.3) is 0 Å². The molecule has 0 aromatic carbocycles. The topological polar surface area (TPSA) is 55.4 Å². The number of rotatable bonds is 2. The number of amides is 1. The summed E-state index contributed by atoms with van der Waals surface area (Å²) in [6.45, 7) is 5.51. The highest BCUT2D eigenvalue weighted by atomic mass is 16.6. The number of aldehydes is 1. The van der Waals surface area contributed by atoms with Crippen molar-refractivity contribution in [2.45, 2.75) is 51.7 Å². The third-order valence-electron chi connectivity index (χ3n) is 3.82. The number of hydrogen-bond acceptors (Lipinski definition) is 3. The van der Waals surface area contributed by atoms with Crippen LogP contribution in [0.2, 0.25) is 0 Å². The fourth-order valence-corrected chi connectivity index (χ4v) is 3.19. The van der Waals surface area contributed by atoms with Gasteiger partial charge in [0.25, 0.3) is 0 Å². The van der Waals surface area contributed by atoms with E-state index in [4.69, 9.17) is 4.74 Å². The molecule has 2 aliphatic carbocycles. The summed E-state index contributed by atoms with van der Waals surface area (Å²) in [7, 11) is 0. The van der Waals surface area contributed by atoms with E-state index in [2.05, 4.69) is 5.32 Å². The average molecular weight is 239 g/mol. The monoisotopic (exact) mass is 239 g/mol. The molecule has 1 amide bonds. The lowest BCUT2D eigenvalue weighted by atomic mass is 9.85. The molecular weight excluding hydrogens is 218 g/mol. The Balaban J connectivity index is 1.94. The fourth-order valence-electron chi connectivity index (χ4n) is 3.19. The molecule has 17 heavy (non-hydrogen) atoms. The molecule has 0 aliphatic heterocycles. The van der Waals surface area contributed by atoms with Gasteiger partial charge < -0.3 is 14.8 Å². The molecule has 4 atom stereocenters. The van der Waals surface area contributed by atoms with Crippen molar-refractivity contribution < 1.29 is 14.3 Å². The van der Waals surface area contributed by atoms with Gasteiger partial charge in [-0.25, -0.2) is 4.79 Å². The summed E-state index contributed by atoms with van der Waals surface area (Å²) >= 11 is 0. The van der Waals surface area contributed by atoms with Crippen LogP contribution in [-0.4, -0.2) is 24.0 Å². The van der Waals surface area contributed by atoms with E-state index in [0.29, 0.717) is 11.8 Å². The lowest BCUT2D eigenvalue weighted by molar-refractivity contribution is -0.113. The minimum atomic E-state index is -0.488. The van der Waals surface area contributed by atoms with Gasteiger partial charge in [0, 0.05) is 12.0 Å². The first kappa shape index (κ1) is 12.4. The number of ether oxygens (including phenoxy) is 1. The molecule has 0 aromatic heterocycles. The predicted molar refractivity (Wildman–Crippen MR) is 63.5 cm³/mol. The number of hydrogen-bond donors (Lipinski definition) is 1. The summed E-state index contributed by atoms with van der Waals surface area (Å²) in [4.78, 5) is 22.8. The van der Waals surface area contributed by atoms with Crippen LogP contribution in [0.4, 0.5) is 4.79 Å². The Morgan fingerprint density at radius 2 is 1.94 bits per heavy atom. The van der Waals surface area contributed by atoms with Crippen LogP contribution in [0.1, 0.15) is 40.0 Å². The molecule has 0 spiro atoms. The third-order valence-corrected chi connectivity index (χ3v) is 3.82. The minimum absolute atomic E-state index is 0.0127. The fraction of sp³-hybridized carbons (Fsp3) is 0.846. The van der Waals surface area contributed by atoms with Gasteiger partial charge in [-0.3, -0.25) is 0 Å². The normalized spacial score (nSPS) is 35.7. The lowest BCUT2D eigenvalue weighted by Gasteiger charge is -2.29. The maximum Gasteiger partial charge on any atom is 0.407 e. The second-order valence-corrected chi connectivity index (χ2v) is 6.22. The summed E-state index contributed by atoms with van der Waals surface area (Å²) in [6.07, 6.45) is 3.92. The third kappa shape index (κ3) is 2.61. The molecule has 0 aromatic rings. The van der Waals surface area contributed by atoms with Crippen molar-refractivity contribution in [1.29, 1.82) is 0 Å². The molecule has 2 fully saturated rings. The Morgan fingerprint density at radius 3 is 2.53 bits per heavy atom. The highest BCUT2D eigenvalue weighted by Gasteiger charge is 2.48. The molecule has 4 heteroatoms. The second kappa shape index (κ2) is 4.31. The molecule has 0 radical (unpaired) electrons. The molecule has 0 heterocycles. The number of fused-ring (bicyclic) bond motifs is 2. The maximum atomic E-state index is 11.7. The van der Waals surface area contributed by atoms with Crippen LogP contribution in [0.15, 0.2) is 0 Å². The summed E-state index contributed by atoms with van der Waals surface area (Å²) in [5.41, 5.74) is -0.488. The van der Waals surface area contributed by atoms with Gasteiger partial charge in [0.1, 0.15) is 11.9 Å². The molecule has 2 saturated carbocycles. The summed E-state index contributed by atoms with van der Waals surface area (Å²) in [5, 5.41) is 2.88. The van der Waals surface area contributed by atoms with Crippen LogP contribution in [0.3, 0.4) is 0 Å². The zero-order valence-corrected chi connectivity index (χ0v) is 10.7. The van der Waals surface area contributed by atoms with Crippen LogP contribution in [0, 0.1) is 17.8 Å². The highest BCUT2D eigenvalue weighted by molar-refractivity contribution is 5.69. The molecule has 2 bridgehead atoms. The molecule has 2 aliphatic rings. The molecule has 1 N–H and O–H groups in total. The lowest BCUT2D eigenvalue weighted by Crippen LogP contribution is -2.46. The molecule has 3 unspecified atom stereocenters. The van der Waals surface area contributed by atoms with Gasteiger partial charge in [-0.2, -0.15) is 0 Å². The quantitative estimate of drug-likeness (QED) is 0.751. The highest BCUT2D eigenvalue weighted by Crippen LogP contribution is 2.47. The Labute approximate surface area is 102 Å². The van der Waals surface area contributed by atoms with Gasteiger partial charge in [0.2, 0.25) is 0 Å². The Hall–Kier alpha value is -1.06. The molecule has 96 valence electrons. The molecular formula is C13H21NO3. The largest absolute Gasteiger partial charge is 0.444 e. The zero-order chi connectivity index (χ0) is 12.6. The Bertz CT molecular complexity index is 321. The predicted octanol–water partition coefficient (Wildman–Crippen LogP) is 2.12. The van der Waals surface area contributed by atoms with Crippen LogP contribution in [-0.2, 0) is 9.53 Å². The first-order chi connectivity index (χ1) is 7.90. The van der Waals surface area contributed by atoms with Crippen LogP contribution >= 0.6 is 0 Å². The van der Waals surface area contributed by atoms with E-state index >= 15 is 0 Å². The van der Waals surface area contributed by atoms with Crippen LogP contribution in [0.5, 0.6) is 0 Å². The van der Waals surface area contributed by atoms with Gasteiger partial charge in [0.05, 0.1) is 0 Å². The van der Waals surface area contributed by atoms with Crippen molar-refractivity contribution in [3.05, 3.63) is 0 Å². The van der Waals surface area contributed by atoms with E-state index < -0.39 is 11.7 Å². The molecule has 0 saturated heterocycles. The van der Waals surface area contributed by atoms with E-state index in [1.54, 1.807) is 0 Å². The smallest absolute Gasteiger partial charge is 0.407 e. The minimum Gasteiger partial charge on any atom is -0.444 e. The van der Waals surface area contributed by atoms with Crippen molar-refractivity contribution >= 4 is 12.4 Å². The standard InChI is InChI=1S/C13H21NO3/c1-13(2,3)17-12(16)14-11-9-5-4-8(6-9)10(11)7-15/h7-11H,4-6H2,1-3H3,(H,14,16)/t8-,9?,10?,11?/m1/s1. The number of nitrogens with one attached hydrogen (secondary N) is 1. The van der Waals surface area contributed by atoms with Crippen LogP contribution < -0.4 is 5.32 Å². The van der Waals surface area contributed by atoms with Crippen molar-refractivity contribution in [3.8, 4) is 0 Å². The first-order valence-corrected chi connectivity index (χ1v) is 6.35. The summed E-state index contributed by atoms with van der Waals surface area (Å²) in [6, 6.07) is -0.0129. The van der Waals surface area contributed by atoms with E-state index in [1.165, 1.54) is 0 Å². The van der Waals surface area contributed by atoms with E-state index in [1.807, 2.05) is 20.8 Å². The van der Waals surface area contributed by atoms with Gasteiger partial charge in [-0.1, -0.05) is 0 Å². The number of alkyl carbamates (subject to hydrolysis) is 1. The van der Waals surface area contributed by atoms with E-state index in [9.17, 15) is 9.59 Å². The van der Waals surface area contributed by atoms with Crippen molar-refractivity contribution in [2.24, 2.45) is 17.8 Å². The summed E-state index contributed by atoms with van der Waals surface area (Å²) in [5.74, 6) is 0.918. The molecule has 4 nitrogen and oxygen atoms in total. The van der Waals surface area contributed by atoms with Gasteiger partial charge >= 0.3 is 6.09 Å². The maximum absolute atomic E-state index is 11.7. The SMILES string of the molecule is CC(C)(C)OC(=O)NC1C2CC[C@H](C2)C1C=O. The second-order valence-electron chi connectivity index (χ2n) is 6.22. The first-order valence-electron chi connectivity index (χ1n) is 6.35. The number of carbonyl (C=O) groups excluding carboxylic acids is 2. The van der Waals surface area contributed by atoms with Gasteiger partial charge in [-0.15, -0.1) is 0 Å². The number of carbonyl (C=O) groups is 2.